The van der Waals surface area contributed by atoms with Crippen LogP contribution in [0.5, 0.6) is 0 Å². The second kappa shape index (κ2) is 6.89. The Balaban J connectivity index is 2.43. The van der Waals surface area contributed by atoms with Gasteiger partial charge in [0.1, 0.15) is 0 Å². The fraction of sp³-hybridized carbons (Fsp3) is 0.235. The highest BCUT2D eigenvalue weighted by Gasteiger charge is 2.20. The highest BCUT2D eigenvalue weighted by molar-refractivity contribution is 7.89. The van der Waals surface area contributed by atoms with E-state index in [9.17, 15) is 22.0 Å². The van der Waals surface area contributed by atoms with Crippen molar-refractivity contribution >= 4 is 21.6 Å². The van der Waals surface area contributed by atoms with Gasteiger partial charge in [0.25, 0.3) is 5.91 Å². The second-order valence-corrected chi connectivity index (χ2v) is 7.94. The Labute approximate surface area is 145 Å². The molecule has 0 saturated carbocycles. The van der Waals surface area contributed by atoms with Gasteiger partial charge in [0.2, 0.25) is 10.0 Å². The van der Waals surface area contributed by atoms with Crippen LogP contribution in [0.15, 0.2) is 35.2 Å². The average molecular weight is 368 g/mol. The zero-order valence-electron chi connectivity index (χ0n) is 14.2. The molecule has 0 aromatic heterocycles. The van der Waals surface area contributed by atoms with Crippen LogP contribution < -0.4 is 5.32 Å². The number of aryl methyl sites for hydroxylation is 1. The van der Waals surface area contributed by atoms with Gasteiger partial charge in [0, 0.05) is 25.3 Å². The molecule has 134 valence electrons. The van der Waals surface area contributed by atoms with E-state index in [1.54, 1.807) is 13.8 Å². The molecule has 0 spiro atoms. The van der Waals surface area contributed by atoms with E-state index < -0.39 is 27.6 Å². The quantitative estimate of drug-likeness (QED) is 0.902. The van der Waals surface area contributed by atoms with Gasteiger partial charge in [-0.1, -0.05) is 0 Å². The first kappa shape index (κ1) is 19.0. The van der Waals surface area contributed by atoms with Gasteiger partial charge in [-0.05, 0) is 55.3 Å². The van der Waals surface area contributed by atoms with E-state index in [0.29, 0.717) is 11.1 Å². The first-order valence-electron chi connectivity index (χ1n) is 7.34. The predicted molar refractivity (Wildman–Crippen MR) is 91.1 cm³/mol. The summed E-state index contributed by atoms with van der Waals surface area (Å²) in [6, 6.07) is 5.65. The van der Waals surface area contributed by atoms with Gasteiger partial charge in [-0.15, -0.1) is 0 Å². The fourth-order valence-corrected chi connectivity index (χ4v) is 3.16. The molecular weight excluding hydrogens is 350 g/mol. The SMILES string of the molecule is Cc1cc(S(=O)(=O)N(C)C)cc(NC(=O)c2ccc(F)c(F)c2)c1C. The van der Waals surface area contributed by atoms with Crippen molar-refractivity contribution in [3.05, 3.63) is 58.7 Å². The van der Waals surface area contributed by atoms with E-state index >= 15 is 0 Å². The van der Waals surface area contributed by atoms with Crippen LogP contribution in [0.4, 0.5) is 14.5 Å². The number of carbonyl (C=O) groups is 1. The lowest BCUT2D eigenvalue weighted by atomic mass is 10.1. The summed E-state index contributed by atoms with van der Waals surface area (Å²) in [5, 5.41) is 2.55. The number of benzene rings is 2. The number of anilines is 1. The van der Waals surface area contributed by atoms with E-state index in [4.69, 9.17) is 0 Å². The molecule has 2 rings (SSSR count). The number of nitrogens with one attached hydrogen (secondary N) is 1. The Morgan fingerprint density at radius 2 is 1.68 bits per heavy atom. The monoisotopic (exact) mass is 368 g/mol. The lowest BCUT2D eigenvalue weighted by Crippen LogP contribution is -2.23. The van der Waals surface area contributed by atoms with Gasteiger partial charge in [0.15, 0.2) is 11.6 Å². The lowest BCUT2D eigenvalue weighted by molar-refractivity contribution is 0.102. The van der Waals surface area contributed by atoms with Crippen molar-refractivity contribution in [2.24, 2.45) is 0 Å². The first-order valence-corrected chi connectivity index (χ1v) is 8.78. The van der Waals surface area contributed by atoms with Crippen molar-refractivity contribution in [2.75, 3.05) is 19.4 Å². The van der Waals surface area contributed by atoms with E-state index in [2.05, 4.69) is 5.32 Å². The van der Waals surface area contributed by atoms with Crippen molar-refractivity contribution < 1.29 is 22.0 Å². The molecule has 0 bridgehead atoms. The Hall–Kier alpha value is -2.32. The highest BCUT2D eigenvalue weighted by atomic mass is 32.2. The van der Waals surface area contributed by atoms with Gasteiger partial charge < -0.3 is 5.32 Å². The average Bonchev–Trinajstić information content (AvgIpc) is 2.53. The summed E-state index contributed by atoms with van der Waals surface area (Å²) < 4.78 is 52.0. The maximum Gasteiger partial charge on any atom is 0.255 e. The number of nitrogens with zero attached hydrogens (tertiary/aromatic N) is 1. The summed E-state index contributed by atoms with van der Waals surface area (Å²) in [6.45, 7) is 3.44. The van der Waals surface area contributed by atoms with Crippen LogP contribution in [0.25, 0.3) is 0 Å². The molecule has 2 aromatic rings. The van der Waals surface area contributed by atoms with Crippen LogP contribution in [0.2, 0.25) is 0 Å². The Morgan fingerprint density at radius 1 is 1.04 bits per heavy atom. The van der Waals surface area contributed by atoms with Crippen LogP contribution in [0.1, 0.15) is 21.5 Å². The van der Waals surface area contributed by atoms with E-state index in [1.165, 1.54) is 26.2 Å². The van der Waals surface area contributed by atoms with Crippen LogP contribution in [-0.2, 0) is 10.0 Å². The molecule has 1 amide bonds. The minimum atomic E-state index is -3.68. The fourth-order valence-electron chi connectivity index (χ4n) is 2.15. The Kier molecular flexibility index (Phi) is 5.24. The Bertz CT molecular complexity index is 941. The molecule has 0 aliphatic carbocycles. The maximum absolute atomic E-state index is 13.3. The molecule has 5 nitrogen and oxygen atoms in total. The van der Waals surface area contributed by atoms with Crippen molar-refractivity contribution in [3.63, 3.8) is 0 Å². The van der Waals surface area contributed by atoms with E-state index in [-0.39, 0.29) is 16.1 Å². The molecule has 0 aliphatic rings. The van der Waals surface area contributed by atoms with Crippen molar-refractivity contribution in [3.8, 4) is 0 Å². The molecule has 0 unspecified atom stereocenters. The molecule has 8 heteroatoms. The largest absolute Gasteiger partial charge is 0.322 e. The molecule has 0 atom stereocenters. The van der Waals surface area contributed by atoms with Gasteiger partial charge >= 0.3 is 0 Å². The third kappa shape index (κ3) is 3.85. The second-order valence-electron chi connectivity index (χ2n) is 5.78. The van der Waals surface area contributed by atoms with Crippen molar-refractivity contribution in [2.45, 2.75) is 18.7 Å². The summed E-state index contributed by atoms with van der Waals surface area (Å²) in [5.41, 5.74) is 1.56. The molecule has 2 aromatic carbocycles. The van der Waals surface area contributed by atoms with Gasteiger partial charge in [-0.2, -0.15) is 0 Å². The van der Waals surface area contributed by atoms with Crippen LogP contribution >= 0.6 is 0 Å². The van der Waals surface area contributed by atoms with Crippen LogP contribution in [0.3, 0.4) is 0 Å². The highest BCUT2D eigenvalue weighted by Crippen LogP contribution is 2.26. The molecule has 0 fully saturated rings. The summed E-state index contributed by atoms with van der Waals surface area (Å²) >= 11 is 0. The smallest absolute Gasteiger partial charge is 0.255 e. The number of rotatable bonds is 4. The number of amides is 1. The number of sulfonamides is 1. The molecule has 0 saturated heterocycles. The molecule has 25 heavy (non-hydrogen) atoms. The molecule has 0 aliphatic heterocycles. The summed E-state index contributed by atoms with van der Waals surface area (Å²) in [4.78, 5) is 12.3. The minimum Gasteiger partial charge on any atom is -0.322 e. The molecule has 1 N–H and O–H groups in total. The number of halogens is 2. The predicted octanol–water partition coefficient (Wildman–Crippen LogP) is 3.08. The number of hydrogen-bond acceptors (Lipinski definition) is 3. The standard InChI is InChI=1S/C17H18F2N2O3S/c1-10-7-13(25(23,24)21(3)4)9-16(11(10)2)20-17(22)12-5-6-14(18)15(19)8-12/h5-9H,1-4H3,(H,20,22). The van der Waals surface area contributed by atoms with Gasteiger partial charge in [0.05, 0.1) is 4.90 Å². The van der Waals surface area contributed by atoms with Crippen LogP contribution in [-0.4, -0.2) is 32.7 Å². The van der Waals surface area contributed by atoms with Gasteiger partial charge in [-0.3, -0.25) is 4.79 Å². The zero-order valence-corrected chi connectivity index (χ0v) is 15.0. The number of carbonyl (C=O) groups excluding carboxylic acids is 1. The topological polar surface area (TPSA) is 66.5 Å². The van der Waals surface area contributed by atoms with Crippen LogP contribution in [0, 0.1) is 25.5 Å². The lowest BCUT2D eigenvalue weighted by Gasteiger charge is -2.16. The summed E-state index contributed by atoms with van der Waals surface area (Å²) in [6.07, 6.45) is 0. The zero-order chi connectivity index (χ0) is 18.9. The van der Waals surface area contributed by atoms with Crippen molar-refractivity contribution in [1.29, 1.82) is 0 Å². The molecular formula is C17H18F2N2O3S. The Morgan fingerprint density at radius 3 is 2.24 bits per heavy atom. The third-order valence-electron chi connectivity index (χ3n) is 3.85. The molecule has 0 radical (unpaired) electrons. The minimum absolute atomic E-state index is 0.0289. The number of hydrogen-bond donors (Lipinski definition) is 1. The maximum atomic E-state index is 13.3. The van der Waals surface area contributed by atoms with Crippen molar-refractivity contribution in [1.82, 2.24) is 4.31 Å². The first-order chi connectivity index (χ1) is 11.5. The molecule has 0 heterocycles. The summed E-state index contributed by atoms with van der Waals surface area (Å²) in [7, 11) is -0.865. The van der Waals surface area contributed by atoms with E-state index in [1.807, 2.05) is 0 Å². The van der Waals surface area contributed by atoms with Gasteiger partial charge in [-0.25, -0.2) is 21.5 Å². The summed E-state index contributed by atoms with van der Waals surface area (Å²) in [5.74, 6) is -2.85. The third-order valence-corrected chi connectivity index (χ3v) is 5.64. The normalized spacial score (nSPS) is 11.6. The van der Waals surface area contributed by atoms with E-state index in [0.717, 1.165) is 22.5 Å².